The van der Waals surface area contributed by atoms with Gasteiger partial charge in [-0.3, -0.25) is 4.79 Å². The van der Waals surface area contributed by atoms with Crippen LogP contribution in [0.1, 0.15) is 5.56 Å². The summed E-state index contributed by atoms with van der Waals surface area (Å²) in [4.78, 5) is 12.0. The lowest BCUT2D eigenvalue weighted by Crippen LogP contribution is -2.07. The first kappa shape index (κ1) is 15.1. The van der Waals surface area contributed by atoms with E-state index in [1.807, 2.05) is 36.4 Å². The monoisotopic (exact) mass is 369 g/mol. The van der Waals surface area contributed by atoms with E-state index in [4.69, 9.17) is 0 Å². The highest BCUT2D eigenvalue weighted by Crippen LogP contribution is 2.17. The maximum absolute atomic E-state index is 12.0. The van der Waals surface area contributed by atoms with Crippen molar-refractivity contribution in [1.29, 1.82) is 0 Å². The normalized spacial score (nSPS) is 10.8. The Kier molecular flexibility index (Phi) is 4.58. The summed E-state index contributed by atoms with van der Waals surface area (Å²) in [5.41, 5.74) is 2.46. The van der Waals surface area contributed by atoms with Crippen molar-refractivity contribution >= 4 is 33.6 Å². The van der Waals surface area contributed by atoms with Crippen LogP contribution in [0.3, 0.4) is 0 Å². The minimum absolute atomic E-state index is 0.198. The van der Waals surface area contributed by atoms with Crippen LogP contribution in [0.15, 0.2) is 65.4 Å². The molecule has 0 bridgehead atoms. The molecular formula is C16H12BrN5O. The fourth-order valence-electron chi connectivity index (χ4n) is 1.94. The lowest BCUT2D eigenvalue weighted by atomic mass is 10.2. The third kappa shape index (κ3) is 3.89. The van der Waals surface area contributed by atoms with Crippen LogP contribution in [-0.4, -0.2) is 26.1 Å². The van der Waals surface area contributed by atoms with Gasteiger partial charge in [-0.25, -0.2) is 4.68 Å². The summed E-state index contributed by atoms with van der Waals surface area (Å²) >= 11 is 3.44. The Labute approximate surface area is 141 Å². The number of benzene rings is 2. The fraction of sp³-hybridized carbons (Fsp3) is 0. The van der Waals surface area contributed by atoms with Gasteiger partial charge in [0.1, 0.15) is 6.33 Å². The molecule has 0 aliphatic carbocycles. The molecule has 1 aromatic heterocycles. The molecule has 23 heavy (non-hydrogen) atoms. The van der Waals surface area contributed by atoms with E-state index in [9.17, 15) is 4.79 Å². The standard InChI is InChI=1S/C16H12BrN5O/c17-15-4-2-1-3-12(15)5-10-16(23)19-13-6-8-14(9-7-13)22-11-18-20-21-22/h1-11H,(H,19,23)/b10-5+. The predicted octanol–water partition coefficient (Wildman–Crippen LogP) is 3.08. The van der Waals surface area contributed by atoms with Crippen molar-refractivity contribution in [2.24, 2.45) is 0 Å². The van der Waals surface area contributed by atoms with Crippen molar-refractivity contribution in [3.8, 4) is 5.69 Å². The summed E-state index contributed by atoms with van der Waals surface area (Å²) < 4.78 is 2.48. The number of nitrogens with zero attached hydrogens (tertiary/aromatic N) is 4. The molecule has 3 rings (SSSR count). The zero-order valence-electron chi connectivity index (χ0n) is 11.9. The Balaban J connectivity index is 1.65. The minimum Gasteiger partial charge on any atom is -0.323 e. The van der Waals surface area contributed by atoms with Crippen LogP contribution in [0.4, 0.5) is 5.69 Å². The molecule has 1 heterocycles. The molecule has 0 spiro atoms. The minimum atomic E-state index is -0.198. The molecule has 0 radical (unpaired) electrons. The molecule has 0 aliphatic heterocycles. The van der Waals surface area contributed by atoms with E-state index < -0.39 is 0 Å². The predicted molar refractivity (Wildman–Crippen MR) is 91.0 cm³/mol. The molecule has 1 amide bonds. The number of halogens is 1. The molecule has 2 aromatic carbocycles. The van der Waals surface area contributed by atoms with Crippen molar-refractivity contribution in [3.63, 3.8) is 0 Å². The zero-order chi connectivity index (χ0) is 16.1. The van der Waals surface area contributed by atoms with Crippen molar-refractivity contribution in [3.05, 3.63) is 71.0 Å². The van der Waals surface area contributed by atoms with E-state index in [-0.39, 0.29) is 5.91 Å². The lowest BCUT2D eigenvalue weighted by molar-refractivity contribution is -0.111. The first-order chi connectivity index (χ1) is 11.2. The molecule has 0 atom stereocenters. The number of aromatic nitrogens is 4. The van der Waals surface area contributed by atoms with E-state index in [1.54, 1.807) is 22.9 Å². The van der Waals surface area contributed by atoms with E-state index in [2.05, 4.69) is 36.8 Å². The number of anilines is 1. The molecular weight excluding hydrogens is 358 g/mol. The van der Waals surface area contributed by atoms with Gasteiger partial charge in [0.25, 0.3) is 0 Å². The fourth-order valence-corrected chi connectivity index (χ4v) is 2.35. The van der Waals surface area contributed by atoms with Gasteiger partial charge in [-0.15, -0.1) is 5.10 Å². The Hall–Kier alpha value is -2.80. The van der Waals surface area contributed by atoms with Crippen LogP contribution in [0.5, 0.6) is 0 Å². The number of hydrogen-bond acceptors (Lipinski definition) is 4. The quantitative estimate of drug-likeness (QED) is 0.717. The lowest BCUT2D eigenvalue weighted by Gasteiger charge is -2.04. The third-order valence-electron chi connectivity index (χ3n) is 3.07. The second-order valence-corrected chi connectivity index (χ2v) is 5.50. The maximum atomic E-state index is 12.0. The van der Waals surface area contributed by atoms with E-state index in [1.165, 1.54) is 12.4 Å². The Morgan fingerprint density at radius 1 is 1.13 bits per heavy atom. The summed E-state index contributed by atoms with van der Waals surface area (Å²) in [5, 5.41) is 13.8. The number of rotatable bonds is 4. The Bertz CT molecular complexity index is 828. The average molecular weight is 370 g/mol. The van der Waals surface area contributed by atoms with Gasteiger partial charge in [0.2, 0.25) is 5.91 Å². The summed E-state index contributed by atoms with van der Waals surface area (Å²) in [6.45, 7) is 0. The van der Waals surface area contributed by atoms with Crippen molar-refractivity contribution in [1.82, 2.24) is 20.2 Å². The number of hydrogen-bond donors (Lipinski definition) is 1. The Morgan fingerprint density at radius 2 is 1.91 bits per heavy atom. The molecule has 0 saturated heterocycles. The van der Waals surface area contributed by atoms with Crippen molar-refractivity contribution in [2.75, 3.05) is 5.32 Å². The van der Waals surface area contributed by atoms with Crippen LogP contribution < -0.4 is 5.32 Å². The van der Waals surface area contributed by atoms with Gasteiger partial charge in [-0.1, -0.05) is 34.1 Å². The summed E-state index contributed by atoms with van der Waals surface area (Å²) in [7, 11) is 0. The van der Waals surface area contributed by atoms with Gasteiger partial charge in [0.15, 0.2) is 0 Å². The summed E-state index contributed by atoms with van der Waals surface area (Å²) in [6.07, 6.45) is 4.76. The molecule has 0 saturated carbocycles. The molecule has 0 aliphatic rings. The highest BCUT2D eigenvalue weighted by molar-refractivity contribution is 9.10. The molecule has 0 fully saturated rings. The van der Waals surface area contributed by atoms with E-state index in [0.717, 1.165) is 15.7 Å². The van der Waals surface area contributed by atoms with E-state index in [0.29, 0.717) is 5.69 Å². The molecule has 7 heteroatoms. The Morgan fingerprint density at radius 3 is 2.61 bits per heavy atom. The molecule has 0 unspecified atom stereocenters. The van der Waals surface area contributed by atoms with Crippen LogP contribution in [0.25, 0.3) is 11.8 Å². The second kappa shape index (κ2) is 6.97. The highest BCUT2D eigenvalue weighted by Gasteiger charge is 2.01. The first-order valence-electron chi connectivity index (χ1n) is 6.79. The number of nitrogens with one attached hydrogen (secondary N) is 1. The van der Waals surface area contributed by atoms with Gasteiger partial charge < -0.3 is 5.32 Å². The number of carbonyl (C=O) groups excluding carboxylic acids is 1. The maximum Gasteiger partial charge on any atom is 0.248 e. The number of carbonyl (C=O) groups is 1. The van der Waals surface area contributed by atoms with Gasteiger partial charge in [0.05, 0.1) is 5.69 Å². The third-order valence-corrected chi connectivity index (χ3v) is 3.79. The average Bonchev–Trinajstić information content (AvgIpc) is 3.09. The zero-order valence-corrected chi connectivity index (χ0v) is 13.5. The highest BCUT2D eigenvalue weighted by atomic mass is 79.9. The number of amides is 1. The van der Waals surface area contributed by atoms with Gasteiger partial charge in [-0.05, 0) is 52.4 Å². The van der Waals surface area contributed by atoms with Crippen LogP contribution >= 0.6 is 15.9 Å². The van der Waals surface area contributed by atoms with Gasteiger partial charge in [-0.2, -0.15) is 0 Å². The van der Waals surface area contributed by atoms with Crippen molar-refractivity contribution < 1.29 is 4.79 Å². The van der Waals surface area contributed by atoms with E-state index >= 15 is 0 Å². The molecule has 1 N–H and O–H groups in total. The smallest absolute Gasteiger partial charge is 0.248 e. The number of tetrazole rings is 1. The molecule has 3 aromatic rings. The summed E-state index contributed by atoms with van der Waals surface area (Å²) in [5.74, 6) is -0.198. The van der Waals surface area contributed by atoms with Crippen molar-refractivity contribution in [2.45, 2.75) is 0 Å². The summed E-state index contributed by atoms with van der Waals surface area (Å²) in [6, 6.07) is 14.9. The van der Waals surface area contributed by atoms with Crippen LogP contribution in [0, 0.1) is 0 Å². The van der Waals surface area contributed by atoms with Crippen LogP contribution in [-0.2, 0) is 4.79 Å². The first-order valence-corrected chi connectivity index (χ1v) is 7.59. The topological polar surface area (TPSA) is 72.7 Å². The second-order valence-electron chi connectivity index (χ2n) is 4.65. The largest absolute Gasteiger partial charge is 0.323 e. The molecule has 114 valence electrons. The SMILES string of the molecule is O=C(/C=C/c1ccccc1Br)Nc1ccc(-n2cnnn2)cc1. The van der Waals surface area contributed by atoms with Gasteiger partial charge in [0, 0.05) is 16.2 Å². The molecule has 6 nitrogen and oxygen atoms in total. The van der Waals surface area contributed by atoms with Crippen LogP contribution in [0.2, 0.25) is 0 Å². The van der Waals surface area contributed by atoms with Gasteiger partial charge >= 0.3 is 0 Å².